The van der Waals surface area contributed by atoms with E-state index in [0.717, 1.165) is 53.7 Å². The predicted molar refractivity (Wildman–Crippen MR) is 113 cm³/mol. The number of carboxylic acid groups (broad SMARTS) is 2. The molecule has 3 N–H and O–H groups in total. The summed E-state index contributed by atoms with van der Waals surface area (Å²) < 4.78 is 5.10. The third-order valence-corrected chi connectivity index (χ3v) is 7.50. The van der Waals surface area contributed by atoms with Gasteiger partial charge in [-0.25, -0.2) is 9.59 Å². The number of benzene rings is 2. The third-order valence-electron chi connectivity index (χ3n) is 7.50. The Morgan fingerprint density at radius 3 is 1.87 bits per heavy atom. The first-order valence-electron chi connectivity index (χ1n) is 10.9. The van der Waals surface area contributed by atoms with Gasteiger partial charge in [0, 0.05) is 5.56 Å². The van der Waals surface area contributed by atoms with Crippen LogP contribution in [0.4, 0.5) is 0 Å². The molecule has 6 nitrogen and oxygen atoms in total. The lowest BCUT2D eigenvalue weighted by Crippen LogP contribution is -2.48. The Kier molecular flexibility index (Phi) is 4.68. The predicted octanol–water partition coefficient (Wildman–Crippen LogP) is 4.44. The van der Waals surface area contributed by atoms with Crippen LogP contribution in [0.15, 0.2) is 42.5 Å². The van der Waals surface area contributed by atoms with Gasteiger partial charge in [-0.1, -0.05) is 18.2 Å². The van der Waals surface area contributed by atoms with Crippen LogP contribution < -0.4 is 4.74 Å². The number of ether oxygens (including phenoxy) is 1. The van der Waals surface area contributed by atoms with Gasteiger partial charge in [0.1, 0.15) is 11.5 Å². The lowest BCUT2D eigenvalue weighted by Gasteiger charge is -2.57. The molecule has 0 heterocycles. The van der Waals surface area contributed by atoms with Crippen LogP contribution >= 0.6 is 0 Å². The van der Waals surface area contributed by atoms with Gasteiger partial charge in [0.15, 0.2) is 0 Å². The molecular weight excluding hydrogens is 396 g/mol. The Hall–Kier alpha value is -3.02. The number of hydrogen-bond donors (Lipinski definition) is 3. The average Bonchev–Trinajstić information content (AvgIpc) is 2.71. The second-order valence-corrected chi connectivity index (χ2v) is 9.63. The molecule has 0 spiro atoms. The van der Waals surface area contributed by atoms with Crippen LogP contribution in [0.1, 0.15) is 44.1 Å². The van der Waals surface area contributed by atoms with Crippen LogP contribution in [0, 0.1) is 17.8 Å². The van der Waals surface area contributed by atoms with E-state index in [2.05, 4.69) is 6.07 Å². The minimum atomic E-state index is -1.94. The van der Waals surface area contributed by atoms with Gasteiger partial charge in [-0.05, 0) is 97.1 Å². The van der Waals surface area contributed by atoms with Crippen molar-refractivity contribution in [3.05, 3.63) is 48.0 Å². The van der Waals surface area contributed by atoms with Crippen molar-refractivity contribution in [2.75, 3.05) is 0 Å². The van der Waals surface area contributed by atoms with E-state index in [1.807, 2.05) is 6.07 Å². The zero-order chi connectivity index (χ0) is 21.8. The van der Waals surface area contributed by atoms with Gasteiger partial charge in [0.2, 0.25) is 0 Å². The van der Waals surface area contributed by atoms with E-state index in [4.69, 9.17) is 14.9 Å². The van der Waals surface area contributed by atoms with E-state index in [-0.39, 0.29) is 11.2 Å². The molecule has 4 aliphatic rings. The highest BCUT2D eigenvalue weighted by Crippen LogP contribution is 2.62. The van der Waals surface area contributed by atoms with E-state index in [1.54, 1.807) is 30.3 Å². The van der Waals surface area contributed by atoms with E-state index in [0.29, 0.717) is 5.75 Å². The molecule has 4 aliphatic carbocycles. The first-order chi connectivity index (χ1) is 14.8. The molecule has 6 heteroatoms. The van der Waals surface area contributed by atoms with Crippen molar-refractivity contribution in [3.8, 4) is 22.6 Å². The van der Waals surface area contributed by atoms with E-state index in [1.165, 1.54) is 19.3 Å². The first kappa shape index (κ1) is 19.9. The van der Waals surface area contributed by atoms with E-state index >= 15 is 0 Å². The summed E-state index contributed by atoms with van der Waals surface area (Å²) in [6.07, 6.45) is 5.57. The highest BCUT2D eigenvalue weighted by atomic mass is 16.5. The zero-order valence-corrected chi connectivity index (χ0v) is 17.2. The van der Waals surface area contributed by atoms with Crippen LogP contribution in [0.5, 0.6) is 11.5 Å². The molecule has 2 aromatic carbocycles. The van der Waals surface area contributed by atoms with Crippen LogP contribution in [0.3, 0.4) is 0 Å². The number of carboxylic acids is 2. The molecule has 0 saturated heterocycles. The SMILES string of the molecule is O=C(O)C(Oc1ccc(-c2ccc(O)c(C34CC5CC(CC(C5)C3)C4)c2)cc1)C(=O)O. The molecule has 0 radical (unpaired) electrons. The average molecular weight is 422 g/mol. The van der Waals surface area contributed by atoms with Gasteiger partial charge in [-0.3, -0.25) is 0 Å². The second-order valence-electron chi connectivity index (χ2n) is 9.63. The molecular formula is C25H26O6. The van der Waals surface area contributed by atoms with Crippen molar-refractivity contribution in [1.82, 2.24) is 0 Å². The smallest absolute Gasteiger partial charge is 0.356 e. The zero-order valence-electron chi connectivity index (χ0n) is 17.2. The van der Waals surface area contributed by atoms with Gasteiger partial charge in [-0.15, -0.1) is 0 Å². The maximum absolute atomic E-state index is 11.0. The number of phenolic OH excluding ortho intramolecular Hbond substituents is 1. The molecule has 4 fully saturated rings. The summed E-state index contributed by atoms with van der Waals surface area (Å²) in [5, 5.41) is 28.7. The highest BCUT2D eigenvalue weighted by molar-refractivity contribution is 5.96. The molecule has 162 valence electrons. The minimum absolute atomic E-state index is 0.0775. The molecule has 0 unspecified atom stereocenters. The van der Waals surface area contributed by atoms with Crippen molar-refractivity contribution in [3.63, 3.8) is 0 Å². The standard InChI is InChI=1S/C25H26O6/c26-21-6-3-18(17-1-4-19(5-2-17)31-22(23(27)28)24(29)30)10-20(21)25-11-14-7-15(12-25)9-16(8-14)13-25/h1-6,10,14-16,22,26H,7-9,11-13H2,(H,27,28)(H,29,30). The van der Waals surface area contributed by atoms with Gasteiger partial charge in [0.05, 0.1) is 0 Å². The molecule has 31 heavy (non-hydrogen) atoms. The normalized spacial score (nSPS) is 28.6. The van der Waals surface area contributed by atoms with Crippen molar-refractivity contribution in [2.45, 2.75) is 50.0 Å². The van der Waals surface area contributed by atoms with Crippen molar-refractivity contribution >= 4 is 11.9 Å². The topological polar surface area (TPSA) is 104 Å². The molecule has 0 aromatic heterocycles. The molecule has 0 aliphatic heterocycles. The molecule has 0 atom stereocenters. The van der Waals surface area contributed by atoms with Crippen molar-refractivity contribution in [2.24, 2.45) is 17.8 Å². The van der Waals surface area contributed by atoms with Crippen LogP contribution in [-0.4, -0.2) is 33.4 Å². The number of aliphatic carboxylic acids is 2. The van der Waals surface area contributed by atoms with Gasteiger partial charge >= 0.3 is 11.9 Å². The quantitative estimate of drug-likeness (QED) is 0.595. The minimum Gasteiger partial charge on any atom is -0.508 e. The van der Waals surface area contributed by atoms with Crippen LogP contribution in [-0.2, 0) is 15.0 Å². The van der Waals surface area contributed by atoms with E-state index in [9.17, 15) is 14.7 Å². The molecule has 2 aromatic rings. The Bertz CT molecular complexity index is 976. The summed E-state index contributed by atoms with van der Waals surface area (Å²) in [5.74, 6) is -0.202. The highest BCUT2D eigenvalue weighted by Gasteiger charge is 2.52. The number of hydrogen-bond acceptors (Lipinski definition) is 4. The van der Waals surface area contributed by atoms with Gasteiger partial charge in [-0.2, -0.15) is 0 Å². The van der Waals surface area contributed by atoms with Crippen molar-refractivity contribution in [1.29, 1.82) is 0 Å². The maximum atomic E-state index is 11.0. The maximum Gasteiger partial charge on any atom is 0.356 e. The Labute approximate surface area is 180 Å². The van der Waals surface area contributed by atoms with Crippen LogP contribution in [0.25, 0.3) is 11.1 Å². The molecule has 6 rings (SSSR count). The number of aromatic hydroxyl groups is 1. The summed E-state index contributed by atoms with van der Waals surface area (Å²) in [7, 11) is 0. The third kappa shape index (κ3) is 3.54. The number of carbonyl (C=O) groups is 2. The Balaban J connectivity index is 1.42. The second kappa shape index (κ2) is 7.29. The summed E-state index contributed by atoms with van der Waals surface area (Å²) in [6.45, 7) is 0. The lowest BCUT2D eigenvalue weighted by molar-refractivity contribution is -0.159. The summed E-state index contributed by atoms with van der Waals surface area (Å²) >= 11 is 0. The Morgan fingerprint density at radius 2 is 1.35 bits per heavy atom. The molecule has 4 bridgehead atoms. The van der Waals surface area contributed by atoms with Gasteiger partial charge in [0.25, 0.3) is 6.10 Å². The van der Waals surface area contributed by atoms with E-state index < -0.39 is 18.0 Å². The van der Waals surface area contributed by atoms with Crippen molar-refractivity contribution < 1.29 is 29.6 Å². The van der Waals surface area contributed by atoms with Gasteiger partial charge < -0.3 is 20.1 Å². The summed E-state index contributed by atoms with van der Waals surface area (Å²) in [4.78, 5) is 22.1. The monoisotopic (exact) mass is 422 g/mol. The lowest BCUT2D eigenvalue weighted by atomic mass is 9.48. The number of phenols is 1. The fourth-order valence-corrected chi connectivity index (χ4v) is 6.65. The first-order valence-corrected chi connectivity index (χ1v) is 10.9. The number of rotatable bonds is 6. The summed E-state index contributed by atoms with van der Waals surface area (Å²) in [6, 6.07) is 12.5. The summed E-state index contributed by atoms with van der Waals surface area (Å²) in [5.41, 5.74) is 3.01. The van der Waals surface area contributed by atoms with Crippen LogP contribution in [0.2, 0.25) is 0 Å². The molecule has 4 saturated carbocycles. The Morgan fingerprint density at radius 1 is 0.839 bits per heavy atom. The fraction of sp³-hybridized carbons (Fsp3) is 0.440. The largest absolute Gasteiger partial charge is 0.508 e. The fourth-order valence-electron chi connectivity index (χ4n) is 6.65. The molecule has 0 amide bonds.